The lowest BCUT2D eigenvalue weighted by molar-refractivity contribution is -0.0812. The van der Waals surface area contributed by atoms with Crippen LogP contribution in [0.15, 0.2) is 18.2 Å². The summed E-state index contributed by atoms with van der Waals surface area (Å²) in [5, 5.41) is 10.7. The number of hydrogen-bond acceptors (Lipinski definition) is 6. The molecular weight excluding hydrogens is 324 g/mol. The Morgan fingerprint density at radius 2 is 2.16 bits per heavy atom. The highest BCUT2D eigenvalue weighted by atomic mass is 16.7. The molecule has 0 aromatic heterocycles. The largest absolute Gasteiger partial charge is 0.507 e. The molecule has 7 nitrogen and oxygen atoms in total. The van der Waals surface area contributed by atoms with Gasteiger partial charge in [0.1, 0.15) is 0 Å². The Kier molecular flexibility index (Phi) is 7.33. The highest BCUT2D eigenvalue weighted by Crippen LogP contribution is 2.28. The fourth-order valence-electron chi connectivity index (χ4n) is 2.71. The van der Waals surface area contributed by atoms with Crippen molar-refractivity contribution in [3.63, 3.8) is 0 Å². The van der Waals surface area contributed by atoms with E-state index in [1.807, 2.05) is 23.2 Å². The number of carbonyl (C=O) groups is 1. The minimum atomic E-state index is -1.24. The van der Waals surface area contributed by atoms with Crippen LogP contribution in [-0.2, 0) is 11.3 Å². The standard InChI is InChI=1S/C18H28N2O5/c1-13(2)12-24-16-10-14(7-8-15(16)23-3)11-19-20-9-5-4-6-17(20)25-18(21)22/h7-8,10,13,17,19H,4-6,9,11-12H2,1-3H3,(H,21,22). The first-order valence-electron chi connectivity index (χ1n) is 8.69. The molecule has 0 aliphatic carbocycles. The van der Waals surface area contributed by atoms with Gasteiger partial charge >= 0.3 is 6.16 Å². The summed E-state index contributed by atoms with van der Waals surface area (Å²) in [5.74, 6) is 1.84. The molecule has 1 unspecified atom stereocenters. The molecule has 1 aromatic rings. The highest BCUT2D eigenvalue weighted by molar-refractivity contribution is 5.57. The number of ether oxygens (including phenoxy) is 3. The molecule has 1 heterocycles. The van der Waals surface area contributed by atoms with E-state index >= 15 is 0 Å². The highest BCUT2D eigenvalue weighted by Gasteiger charge is 2.25. The maximum Gasteiger partial charge on any atom is 0.507 e. The number of piperidine rings is 1. The molecule has 140 valence electrons. The number of benzene rings is 1. The molecule has 1 aliphatic heterocycles. The van der Waals surface area contributed by atoms with Gasteiger partial charge in [0, 0.05) is 13.1 Å². The lowest BCUT2D eigenvalue weighted by Crippen LogP contribution is -2.49. The van der Waals surface area contributed by atoms with E-state index in [2.05, 4.69) is 19.3 Å². The van der Waals surface area contributed by atoms with Crippen molar-refractivity contribution < 1.29 is 24.1 Å². The van der Waals surface area contributed by atoms with E-state index in [-0.39, 0.29) is 0 Å². The van der Waals surface area contributed by atoms with Crippen LogP contribution in [-0.4, -0.2) is 42.8 Å². The number of carboxylic acid groups (broad SMARTS) is 1. The third-order valence-corrected chi connectivity index (χ3v) is 3.97. The van der Waals surface area contributed by atoms with Crippen LogP contribution in [0.5, 0.6) is 11.5 Å². The Morgan fingerprint density at radius 3 is 2.84 bits per heavy atom. The van der Waals surface area contributed by atoms with Crippen LogP contribution in [0.25, 0.3) is 0 Å². The van der Waals surface area contributed by atoms with Gasteiger partial charge < -0.3 is 19.3 Å². The zero-order valence-corrected chi connectivity index (χ0v) is 15.2. The molecule has 0 radical (unpaired) electrons. The number of methoxy groups -OCH3 is 1. The summed E-state index contributed by atoms with van der Waals surface area (Å²) in [6.07, 6.45) is 0.989. The van der Waals surface area contributed by atoms with Gasteiger partial charge in [0.15, 0.2) is 17.7 Å². The van der Waals surface area contributed by atoms with Gasteiger partial charge in [0.25, 0.3) is 0 Å². The van der Waals surface area contributed by atoms with Crippen molar-refractivity contribution in [2.24, 2.45) is 5.92 Å². The molecular formula is C18H28N2O5. The predicted octanol–water partition coefficient (Wildman–Crippen LogP) is 3.24. The fraction of sp³-hybridized carbons (Fsp3) is 0.611. The van der Waals surface area contributed by atoms with Gasteiger partial charge in [-0.25, -0.2) is 15.2 Å². The summed E-state index contributed by atoms with van der Waals surface area (Å²) in [4.78, 5) is 10.8. The van der Waals surface area contributed by atoms with Gasteiger partial charge in [0.05, 0.1) is 13.7 Å². The maximum absolute atomic E-state index is 10.8. The van der Waals surface area contributed by atoms with Gasteiger partial charge in [-0.05, 0) is 42.9 Å². The quantitative estimate of drug-likeness (QED) is 0.695. The van der Waals surface area contributed by atoms with Crippen LogP contribution in [0.2, 0.25) is 0 Å². The summed E-state index contributed by atoms with van der Waals surface area (Å²) >= 11 is 0. The normalized spacial score (nSPS) is 18.2. The van der Waals surface area contributed by atoms with Gasteiger partial charge in [0.2, 0.25) is 0 Å². The smallest absolute Gasteiger partial charge is 0.493 e. The summed E-state index contributed by atoms with van der Waals surface area (Å²) in [6.45, 7) is 6.12. The minimum absolute atomic E-state index is 0.425. The topological polar surface area (TPSA) is 80.3 Å². The van der Waals surface area contributed by atoms with Crippen LogP contribution < -0.4 is 14.9 Å². The molecule has 0 spiro atoms. The van der Waals surface area contributed by atoms with E-state index in [1.54, 1.807) is 7.11 Å². The maximum atomic E-state index is 10.8. The number of rotatable bonds is 8. The second-order valence-electron chi connectivity index (χ2n) is 6.55. The summed E-state index contributed by atoms with van der Waals surface area (Å²) in [6, 6.07) is 5.80. The molecule has 1 aliphatic rings. The first-order valence-corrected chi connectivity index (χ1v) is 8.69. The first kappa shape index (κ1) is 19.3. The lowest BCUT2D eigenvalue weighted by Gasteiger charge is -2.34. The zero-order valence-electron chi connectivity index (χ0n) is 15.2. The third-order valence-electron chi connectivity index (χ3n) is 3.97. The Hall–Kier alpha value is -1.99. The van der Waals surface area contributed by atoms with Crippen molar-refractivity contribution in [1.29, 1.82) is 0 Å². The second-order valence-corrected chi connectivity index (χ2v) is 6.55. The third kappa shape index (κ3) is 6.10. The molecule has 2 rings (SSSR count). The van der Waals surface area contributed by atoms with Crippen molar-refractivity contribution in [2.75, 3.05) is 20.3 Å². The molecule has 0 bridgehead atoms. The average Bonchev–Trinajstić information content (AvgIpc) is 2.58. The lowest BCUT2D eigenvalue weighted by atomic mass is 10.1. The zero-order chi connectivity index (χ0) is 18.2. The number of nitrogens with zero attached hydrogens (tertiary/aromatic N) is 1. The van der Waals surface area contributed by atoms with Gasteiger partial charge in [-0.15, -0.1) is 0 Å². The van der Waals surface area contributed by atoms with E-state index in [9.17, 15) is 4.79 Å². The van der Waals surface area contributed by atoms with Crippen molar-refractivity contribution in [2.45, 2.75) is 45.9 Å². The van der Waals surface area contributed by atoms with Gasteiger partial charge in [-0.2, -0.15) is 0 Å². The van der Waals surface area contributed by atoms with Crippen LogP contribution in [0, 0.1) is 5.92 Å². The second kappa shape index (κ2) is 9.48. The van der Waals surface area contributed by atoms with Crippen molar-refractivity contribution in [1.82, 2.24) is 10.4 Å². The summed E-state index contributed by atoms with van der Waals surface area (Å²) in [7, 11) is 1.62. The van der Waals surface area contributed by atoms with Crippen LogP contribution in [0.3, 0.4) is 0 Å². The van der Waals surface area contributed by atoms with Crippen LogP contribution in [0.1, 0.15) is 38.7 Å². The average molecular weight is 352 g/mol. The molecule has 1 fully saturated rings. The van der Waals surface area contributed by atoms with E-state index in [0.717, 1.165) is 24.9 Å². The summed E-state index contributed by atoms with van der Waals surface area (Å²) < 4.78 is 16.1. The van der Waals surface area contributed by atoms with E-state index in [1.165, 1.54) is 0 Å². The molecule has 2 N–H and O–H groups in total. The van der Waals surface area contributed by atoms with E-state index in [0.29, 0.717) is 37.0 Å². The van der Waals surface area contributed by atoms with Crippen LogP contribution in [0.4, 0.5) is 4.79 Å². The molecule has 1 aromatic carbocycles. The van der Waals surface area contributed by atoms with Crippen molar-refractivity contribution >= 4 is 6.16 Å². The molecule has 0 amide bonds. The summed E-state index contributed by atoms with van der Waals surface area (Å²) in [5.41, 5.74) is 4.30. The van der Waals surface area contributed by atoms with Gasteiger partial charge in [-0.3, -0.25) is 0 Å². The number of hydrogen-bond donors (Lipinski definition) is 2. The number of hydrazine groups is 1. The van der Waals surface area contributed by atoms with Crippen molar-refractivity contribution in [3.8, 4) is 11.5 Å². The minimum Gasteiger partial charge on any atom is -0.493 e. The molecule has 0 saturated carbocycles. The van der Waals surface area contributed by atoms with E-state index in [4.69, 9.17) is 19.3 Å². The molecule has 25 heavy (non-hydrogen) atoms. The molecule has 7 heteroatoms. The Morgan fingerprint density at radius 1 is 1.36 bits per heavy atom. The Balaban J connectivity index is 1.98. The predicted molar refractivity (Wildman–Crippen MR) is 93.6 cm³/mol. The molecule has 1 saturated heterocycles. The van der Waals surface area contributed by atoms with Crippen LogP contribution >= 0.6 is 0 Å². The van der Waals surface area contributed by atoms with Crippen molar-refractivity contribution in [3.05, 3.63) is 23.8 Å². The Bertz CT molecular complexity index is 564. The molecule has 1 atom stereocenters. The van der Waals surface area contributed by atoms with E-state index < -0.39 is 12.4 Å². The monoisotopic (exact) mass is 352 g/mol. The SMILES string of the molecule is COc1ccc(CNN2CCCCC2OC(=O)O)cc1OCC(C)C. The Labute approximate surface area is 148 Å². The van der Waals surface area contributed by atoms with Gasteiger partial charge in [-0.1, -0.05) is 19.9 Å². The number of nitrogens with one attached hydrogen (secondary N) is 1. The fourth-order valence-corrected chi connectivity index (χ4v) is 2.71. The first-order chi connectivity index (χ1) is 12.0.